The molecule has 0 saturated heterocycles. The summed E-state index contributed by atoms with van der Waals surface area (Å²) in [6, 6.07) is 4.13. The van der Waals surface area contributed by atoms with Gasteiger partial charge in [0.2, 0.25) is 0 Å². The molecule has 0 saturated carbocycles. The molecule has 0 amide bonds. The van der Waals surface area contributed by atoms with Crippen LogP contribution in [0, 0.1) is 13.8 Å². The number of aryl methyl sites for hydroxylation is 3. The zero-order chi connectivity index (χ0) is 13.3. The number of carboxylic acids is 1. The quantitative estimate of drug-likeness (QED) is 0.845. The highest BCUT2D eigenvalue weighted by atomic mass is 16.4. The van der Waals surface area contributed by atoms with E-state index in [4.69, 9.17) is 5.11 Å². The Balaban J connectivity index is 2.64. The number of hydrogen-bond acceptors (Lipinski definition) is 2. The van der Waals surface area contributed by atoms with E-state index in [2.05, 4.69) is 18.0 Å². The van der Waals surface area contributed by atoms with Crippen molar-refractivity contribution in [2.75, 3.05) is 0 Å². The Hall–Kier alpha value is -2.10. The number of imidazole rings is 1. The van der Waals surface area contributed by atoms with Crippen LogP contribution in [0.1, 0.15) is 23.9 Å². The van der Waals surface area contributed by atoms with Crippen molar-refractivity contribution >= 4 is 23.1 Å². The first-order chi connectivity index (χ1) is 8.52. The van der Waals surface area contributed by atoms with Crippen molar-refractivity contribution in [3.8, 4) is 0 Å². The lowest BCUT2D eigenvalue weighted by Crippen LogP contribution is -1.98. The molecule has 94 valence electrons. The second-order valence-electron chi connectivity index (χ2n) is 4.31. The van der Waals surface area contributed by atoms with Gasteiger partial charge < -0.3 is 9.67 Å². The highest BCUT2D eigenvalue weighted by Crippen LogP contribution is 2.21. The van der Waals surface area contributed by atoms with E-state index < -0.39 is 5.97 Å². The lowest BCUT2D eigenvalue weighted by Gasteiger charge is -2.04. The van der Waals surface area contributed by atoms with Gasteiger partial charge in [-0.3, -0.25) is 0 Å². The van der Waals surface area contributed by atoms with E-state index in [-0.39, 0.29) is 0 Å². The van der Waals surface area contributed by atoms with Gasteiger partial charge in [-0.25, -0.2) is 9.78 Å². The summed E-state index contributed by atoms with van der Waals surface area (Å²) in [5.74, 6) is -0.281. The molecular weight excluding hydrogens is 228 g/mol. The summed E-state index contributed by atoms with van der Waals surface area (Å²) < 4.78 is 2.02. The largest absolute Gasteiger partial charge is 0.478 e. The van der Waals surface area contributed by atoms with Crippen LogP contribution < -0.4 is 0 Å². The van der Waals surface area contributed by atoms with Gasteiger partial charge in [-0.1, -0.05) is 0 Å². The summed E-state index contributed by atoms with van der Waals surface area (Å²) in [4.78, 5) is 15.0. The Morgan fingerprint density at radius 1 is 1.39 bits per heavy atom. The van der Waals surface area contributed by atoms with Crippen molar-refractivity contribution in [2.24, 2.45) is 0 Å². The van der Waals surface area contributed by atoms with Crippen LogP contribution in [0.4, 0.5) is 0 Å². The Bertz CT molecular complexity index is 639. The smallest absolute Gasteiger partial charge is 0.328 e. The van der Waals surface area contributed by atoms with Gasteiger partial charge in [0.1, 0.15) is 5.82 Å². The molecule has 0 fully saturated rings. The van der Waals surface area contributed by atoms with Crippen LogP contribution >= 0.6 is 0 Å². The number of fused-ring (bicyclic) bond motifs is 1. The Kier molecular flexibility index (Phi) is 3.19. The fraction of sp³-hybridized carbons (Fsp3) is 0.286. The standard InChI is InChI=1S/C14H16N2O2/c1-4-16-12-8-10(3)9(2)7-11(12)15-13(16)5-6-14(17)18/h5-8H,4H2,1-3H3,(H,17,18)/b6-5+. The molecule has 1 aromatic carbocycles. The maximum Gasteiger partial charge on any atom is 0.328 e. The fourth-order valence-electron chi connectivity index (χ4n) is 2.00. The number of aromatic nitrogens is 2. The molecule has 0 aliphatic heterocycles. The topological polar surface area (TPSA) is 55.1 Å². The third kappa shape index (κ3) is 2.14. The van der Waals surface area contributed by atoms with E-state index in [1.54, 1.807) is 0 Å². The zero-order valence-electron chi connectivity index (χ0n) is 10.8. The molecule has 1 N–H and O–H groups in total. The van der Waals surface area contributed by atoms with Crippen LogP contribution in [0.5, 0.6) is 0 Å². The minimum absolute atomic E-state index is 0.680. The normalized spacial score (nSPS) is 11.5. The molecule has 4 heteroatoms. The predicted molar refractivity (Wildman–Crippen MR) is 71.6 cm³/mol. The van der Waals surface area contributed by atoms with Crippen LogP contribution in [-0.2, 0) is 11.3 Å². The molecule has 0 bridgehead atoms. The van der Waals surface area contributed by atoms with E-state index >= 15 is 0 Å². The predicted octanol–water partition coefficient (Wildman–Crippen LogP) is 2.77. The molecule has 0 aliphatic carbocycles. The first-order valence-electron chi connectivity index (χ1n) is 5.91. The molecule has 2 rings (SSSR count). The van der Waals surface area contributed by atoms with Crippen LogP contribution in [0.2, 0.25) is 0 Å². The number of aliphatic carboxylic acids is 1. The third-order valence-electron chi connectivity index (χ3n) is 3.08. The van der Waals surface area contributed by atoms with Gasteiger partial charge in [0.25, 0.3) is 0 Å². The van der Waals surface area contributed by atoms with Gasteiger partial charge in [-0.2, -0.15) is 0 Å². The molecule has 2 aromatic rings. The summed E-state index contributed by atoms with van der Waals surface area (Å²) in [5.41, 5.74) is 4.36. The van der Waals surface area contributed by atoms with Crippen LogP contribution in [0.25, 0.3) is 17.1 Å². The average Bonchev–Trinajstić information content (AvgIpc) is 2.64. The third-order valence-corrected chi connectivity index (χ3v) is 3.08. The summed E-state index contributed by atoms with van der Waals surface area (Å²) in [6.45, 7) is 6.90. The Morgan fingerprint density at radius 2 is 2.06 bits per heavy atom. The van der Waals surface area contributed by atoms with Crippen molar-refractivity contribution in [1.82, 2.24) is 9.55 Å². The monoisotopic (exact) mass is 244 g/mol. The highest BCUT2D eigenvalue weighted by Gasteiger charge is 2.09. The van der Waals surface area contributed by atoms with E-state index in [9.17, 15) is 4.79 Å². The van der Waals surface area contributed by atoms with Gasteiger partial charge in [0, 0.05) is 12.6 Å². The van der Waals surface area contributed by atoms with Crippen LogP contribution in [0.15, 0.2) is 18.2 Å². The Labute approximate surface area is 106 Å². The first-order valence-corrected chi connectivity index (χ1v) is 5.91. The van der Waals surface area contributed by atoms with Crippen molar-refractivity contribution in [2.45, 2.75) is 27.3 Å². The second kappa shape index (κ2) is 4.64. The maximum atomic E-state index is 10.6. The first kappa shape index (κ1) is 12.4. The molecule has 0 aliphatic rings. The van der Waals surface area contributed by atoms with Crippen molar-refractivity contribution in [3.63, 3.8) is 0 Å². The molecule has 1 aromatic heterocycles. The number of carboxylic acid groups (broad SMARTS) is 1. The molecule has 1 heterocycles. The molecular formula is C14H16N2O2. The van der Waals surface area contributed by atoms with Crippen molar-refractivity contribution in [3.05, 3.63) is 35.2 Å². The van der Waals surface area contributed by atoms with E-state index in [0.717, 1.165) is 23.7 Å². The fourth-order valence-corrected chi connectivity index (χ4v) is 2.00. The summed E-state index contributed by atoms with van der Waals surface area (Å²) in [5, 5.41) is 8.68. The molecule has 0 spiro atoms. The molecule has 18 heavy (non-hydrogen) atoms. The Morgan fingerprint density at radius 3 is 2.67 bits per heavy atom. The summed E-state index contributed by atoms with van der Waals surface area (Å²) in [6.07, 6.45) is 2.66. The van der Waals surface area contributed by atoms with E-state index in [1.165, 1.54) is 17.2 Å². The van der Waals surface area contributed by atoms with Crippen molar-refractivity contribution in [1.29, 1.82) is 0 Å². The van der Waals surface area contributed by atoms with Crippen molar-refractivity contribution < 1.29 is 9.90 Å². The minimum Gasteiger partial charge on any atom is -0.478 e. The second-order valence-corrected chi connectivity index (χ2v) is 4.31. The van der Waals surface area contributed by atoms with Crippen LogP contribution in [-0.4, -0.2) is 20.6 Å². The lowest BCUT2D eigenvalue weighted by molar-refractivity contribution is -0.131. The maximum absolute atomic E-state index is 10.6. The van der Waals surface area contributed by atoms with Crippen LogP contribution in [0.3, 0.4) is 0 Å². The number of benzene rings is 1. The minimum atomic E-state index is -0.961. The lowest BCUT2D eigenvalue weighted by atomic mass is 10.1. The van der Waals surface area contributed by atoms with Gasteiger partial charge in [0.05, 0.1) is 11.0 Å². The number of carbonyl (C=O) groups is 1. The molecule has 0 unspecified atom stereocenters. The van der Waals surface area contributed by atoms with E-state index in [0.29, 0.717) is 5.82 Å². The van der Waals surface area contributed by atoms with E-state index in [1.807, 2.05) is 24.5 Å². The van der Waals surface area contributed by atoms with Gasteiger partial charge in [0.15, 0.2) is 0 Å². The van der Waals surface area contributed by atoms with Gasteiger partial charge >= 0.3 is 5.97 Å². The zero-order valence-corrected chi connectivity index (χ0v) is 10.8. The van der Waals surface area contributed by atoms with Gasteiger partial charge in [-0.15, -0.1) is 0 Å². The van der Waals surface area contributed by atoms with Gasteiger partial charge in [-0.05, 0) is 50.1 Å². The molecule has 0 radical (unpaired) electrons. The summed E-state index contributed by atoms with van der Waals surface area (Å²) >= 11 is 0. The molecule has 4 nitrogen and oxygen atoms in total. The number of rotatable bonds is 3. The highest BCUT2D eigenvalue weighted by molar-refractivity contribution is 5.86. The SMILES string of the molecule is CCn1c(/C=C/C(=O)O)nc2cc(C)c(C)cc21. The number of hydrogen-bond donors (Lipinski definition) is 1. The summed E-state index contributed by atoms with van der Waals surface area (Å²) in [7, 11) is 0. The number of nitrogens with zero attached hydrogens (tertiary/aromatic N) is 2. The molecule has 0 atom stereocenters. The average molecular weight is 244 g/mol.